The number of hydrogen-bond donors (Lipinski definition) is 1. The fraction of sp³-hybridized carbons (Fsp3) is 0.375. The Labute approximate surface area is 130 Å². The second-order valence-corrected chi connectivity index (χ2v) is 6.20. The molecule has 0 radical (unpaired) electrons. The lowest BCUT2D eigenvalue weighted by Gasteiger charge is -2.22. The van der Waals surface area contributed by atoms with Crippen LogP contribution in [0.4, 0.5) is 0 Å². The van der Waals surface area contributed by atoms with Crippen LogP contribution in [0.2, 0.25) is 0 Å². The number of amides is 1. The fourth-order valence-corrected chi connectivity index (χ4v) is 2.58. The molecule has 0 saturated carbocycles. The molecule has 0 saturated heterocycles. The zero-order chi connectivity index (χ0) is 15.4. The van der Waals surface area contributed by atoms with Crippen LogP contribution in [-0.4, -0.2) is 21.7 Å². The monoisotopic (exact) mass is 303 g/mol. The summed E-state index contributed by atoms with van der Waals surface area (Å²) in [6.45, 7) is 4.16. The molecule has 4 nitrogen and oxygen atoms in total. The van der Waals surface area contributed by atoms with Crippen LogP contribution < -0.4 is 5.32 Å². The van der Waals surface area contributed by atoms with Crippen molar-refractivity contribution in [1.29, 1.82) is 0 Å². The number of rotatable bonds is 5. The van der Waals surface area contributed by atoms with E-state index in [4.69, 9.17) is 0 Å². The maximum atomic E-state index is 12.4. The highest BCUT2D eigenvalue weighted by Gasteiger charge is 2.22. The first kappa shape index (κ1) is 15.6. The van der Waals surface area contributed by atoms with Crippen molar-refractivity contribution < 1.29 is 4.79 Å². The summed E-state index contributed by atoms with van der Waals surface area (Å²) in [5, 5.41) is 3.08. The molecule has 21 heavy (non-hydrogen) atoms. The summed E-state index contributed by atoms with van der Waals surface area (Å²) in [5.74, 6) is 1.07. The van der Waals surface area contributed by atoms with Crippen LogP contribution in [0.15, 0.2) is 41.6 Å². The van der Waals surface area contributed by atoms with Crippen molar-refractivity contribution in [1.82, 2.24) is 14.9 Å². The zero-order valence-corrected chi connectivity index (χ0v) is 13.6. The summed E-state index contributed by atoms with van der Waals surface area (Å²) < 4.78 is 1.95. The SMILES string of the molecule is CSc1ccc(C(=O)NC(c2nccn2C)C(C)C)cc1. The number of aryl methyl sites for hydroxylation is 1. The lowest BCUT2D eigenvalue weighted by Crippen LogP contribution is -2.33. The van der Waals surface area contributed by atoms with Crippen LogP contribution >= 0.6 is 11.8 Å². The van der Waals surface area contributed by atoms with E-state index in [1.807, 2.05) is 48.3 Å². The third kappa shape index (κ3) is 3.67. The number of aromatic nitrogens is 2. The van der Waals surface area contributed by atoms with Crippen LogP contribution in [0.5, 0.6) is 0 Å². The highest BCUT2D eigenvalue weighted by Crippen LogP contribution is 2.21. The quantitative estimate of drug-likeness (QED) is 0.862. The summed E-state index contributed by atoms with van der Waals surface area (Å²) in [6.07, 6.45) is 5.67. The molecule has 0 bridgehead atoms. The molecule has 0 aliphatic rings. The van der Waals surface area contributed by atoms with Gasteiger partial charge >= 0.3 is 0 Å². The Morgan fingerprint density at radius 3 is 2.43 bits per heavy atom. The number of thioether (sulfide) groups is 1. The Bertz CT molecular complexity index is 604. The topological polar surface area (TPSA) is 46.9 Å². The standard InChI is InChI=1S/C16H21N3OS/c1-11(2)14(15-17-9-10-19(15)3)18-16(20)12-5-7-13(21-4)8-6-12/h5-11,14H,1-4H3,(H,18,20). The molecule has 0 fully saturated rings. The lowest BCUT2D eigenvalue weighted by atomic mass is 10.0. The fourth-order valence-electron chi connectivity index (χ4n) is 2.17. The van der Waals surface area contributed by atoms with E-state index in [1.165, 1.54) is 0 Å². The molecule has 1 heterocycles. The number of hydrogen-bond acceptors (Lipinski definition) is 3. The van der Waals surface area contributed by atoms with Gasteiger partial charge in [-0.1, -0.05) is 13.8 Å². The van der Waals surface area contributed by atoms with Crippen LogP contribution in [0.3, 0.4) is 0 Å². The predicted molar refractivity (Wildman–Crippen MR) is 86.5 cm³/mol. The summed E-state index contributed by atoms with van der Waals surface area (Å²) in [7, 11) is 1.94. The minimum Gasteiger partial charge on any atom is -0.342 e. The molecule has 5 heteroatoms. The van der Waals surface area contributed by atoms with E-state index in [9.17, 15) is 4.79 Å². The maximum Gasteiger partial charge on any atom is 0.251 e. The number of carbonyl (C=O) groups is 1. The van der Waals surface area contributed by atoms with Crippen LogP contribution in [0, 0.1) is 5.92 Å². The van der Waals surface area contributed by atoms with Gasteiger partial charge in [-0.25, -0.2) is 4.98 Å². The molecule has 1 unspecified atom stereocenters. The van der Waals surface area contributed by atoms with Crippen LogP contribution in [0.1, 0.15) is 36.1 Å². The molecular formula is C16H21N3OS. The number of nitrogens with one attached hydrogen (secondary N) is 1. The van der Waals surface area contributed by atoms with E-state index in [0.29, 0.717) is 5.56 Å². The van der Waals surface area contributed by atoms with E-state index in [1.54, 1.807) is 18.0 Å². The smallest absolute Gasteiger partial charge is 0.251 e. The molecule has 1 atom stereocenters. The molecule has 1 N–H and O–H groups in total. The third-order valence-electron chi connectivity index (χ3n) is 3.44. The van der Waals surface area contributed by atoms with E-state index in [0.717, 1.165) is 10.7 Å². The first-order valence-corrected chi connectivity index (χ1v) is 8.17. The average Bonchev–Trinajstić information content (AvgIpc) is 2.90. The van der Waals surface area contributed by atoms with Gasteiger partial charge in [-0.15, -0.1) is 11.8 Å². The van der Waals surface area contributed by atoms with Crippen molar-refractivity contribution in [3.63, 3.8) is 0 Å². The summed E-state index contributed by atoms with van der Waals surface area (Å²) in [4.78, 5) is 17.9. The molecule has 0 aliphatic heterocycles. The van der Waals surface area contributed by atoms with Gasteiger partial charge in [0.15, 0.2) is 0 Å². The molecule has 0 spiro atoms. The Balaban J connectivity index is 2.16. The van der Waals surface area contributed by atoms with Crippen molar-refractivity contribution >= 4 is 17.7 Å². The van der Waals surface area contributed by atoms with Crippen molar-refractivity contribution in [2.45, 2.75) is 24.8 Å². The molecule has 2 rings (SSSR count). The molecule has 1 aromatic heterocycles. The maximum absolute atomic E-state index is 12.4. The number of imidazole rings is 1. The van der Waals surface area contributed by atoms with Crippen molar-refractivity contribution in [2.24, 2.45) is 13.0 Å². The molecule has 112 valence electrons. The predicted octanol–water partition coefficient (Wildman–Crippen LogP) is 3.27. The lowest BCUT2D eigenvalue weighted by molar-refractivity contribution is 0.0922. The second kappa shape index (κ2) is 6.80. The van der Waals surface area contributed by atoms with Crippen LogP contribution in [0.25, 0.3) is 0 Å². The van der Waals surface area contributed by atoms with Gasteiger partial charge in [-0.05, 0) is 36.4 Å². The van der Waals surface area contributed by atoms with Gasteiger partial charge < -0.3 is 9.88 Å². The highest BCUT2D eigenvalue weighted by atomic mass is 32.2. The minimum atomic E-state index is -0.0993. The van der Waals surface area contributed by atoms with Crippen molar-refractivity contribution in [3.8, 4) is 0 Å². The van der Waals surface area contributed by atoms with Gasteiger partial charge in [-0.2, -0.15) is 0 Å². The number of carbonyl (C=O) groups excluding carboxylic acids is 1. The normalized spacial score (nSPS) is 12.4. The molecular weight excluding hydrogens is 282 g/mol. The Morgan fingerprint density at radius 1 is 1.29 bits per heavy atom. The van der Waals surface area contributed by atoms with Gasteiger partial charge in [0.05, 0.1) is 6.04 Å². The van der Waals surface area contributed by atoms with Gasteiger partial charge in [-0.3, -0.25) is 4.79 Å². The van der Waals surface area contributed by atoms with E-state index in [-0.39, 0.29) is 17.9 Å². The molecule has 0 aliphatic carbocycles. The summed E-state index contributed by atoms with van der Waals surface area (Å²) >= 11 is 1.66. The van der Waals surface area contributed by atoms with Crippen molar-refractivity contribution in [2.75, 3.05) is 6.26 Å². The first-order chi connectivity index (χ1) is 10.0. The Kier molecular flexibility index (Phi) is 5.07. The molecule has 2 aromatic rings. The first-order valence-electron chi connectivity index (χ1n) is 6.95. The molecule has 1 amide bonds. The van der Waals surface area contributed by atoms with E-state index < -0.39 is 0 Å². The minimum absolute atomic E-state index is 0.0654. The largest absolute Gasteiger partial charge is 0.342 e. The van der Waals surface area contributed by atoms with E-state index >= 15 is 0 Å². The second-order valence-electron chi connectivity index (χ2n) is 5.32. The summed E-state index contributed by atoms with van der Waals surface area (Å²) in [5.41, 5.74) is 0.674. The average molecular weight is 303 g/mol. The zero-order valence-electron chi connectivity index (χ0n) is 12.8. The number of nitrogens with zero attached hydrogens (tertiary/aromatic N) is 2. The number of benzene rings is 1. The Hall–Kier alpha value is -1.75. The molecule has 1 aromatic carbocycles. The van der Waals surface area contributed by atoms with E-state index in [2.05, 4.69) is 24.1 Å². The van der Waals surface area contributed by atoms with Gasteiger partial charge in [0.2, 0.25) is 0 Å². The third-order valence-corrected chi connectivity index (χ3v) is 4.19. The highest BCUT2D eigenvalue weighted by molar-refractivity contribution is 7.98. The van der Waals surface area contributed by atoms with Gasteiger partial charge in [0.1, 0.15) is 5.82 Å². The summed E-state index contributed by atoms with van der Waals surface area (Å²) in [6, 6.07) is 7.54. The van der Waals surface area contributed by atoms with Crippen LogP contribution in [-0.2, 0) is 7.05 Å². The van der Waals surface area contributed by atoms with Gasteiger partial charge in [0, 0.05) is 29.9 Å². The Morgan fingerprint density at radius 2 is 1.95 bits per heavy atom. The van der Waals surface area contributed by atoms with Crippen molar-refractivity contribution in [3.05, 3.63) is 48.0 Å². The van der Waals surface area contributed by atoms with Gasteiger partial charge in [0.25, 0.3) is 5.91 Å².